The Kier molecular flexibility index (Phi) is 8.50. The summed E-state index contributed by atoms with van der Waals surface area (Å²) >= 11 is 0. The number of nitrogens with one attached hydrogen (secondary N) is 2. The Balaban J connectivity index is 1.93. The number of hydrogen-bond acceptors (Lipinski definition) is 6. The van der Waals surface area contributed by atoms with Crippen molar-refractivity contribution in [1.82, 2.24) is 10.6 Å². The first-order valence-electron chi connectivity index (χ1n) is 9.13. The Hall–Kier alpha value is -3.55. The van der Waals surface area contributed by atoms with Gasteiger partial charge in [0.2, 0.25) is 6.10 Å². The van der Waals surface area contributed by atoms with Gasteiger partial charge >= 0.3 is 12.0 Å². The zero-order valence-corrected chi connectivity index (χ0v) is 16.3. The van der Waals surface area contributed by atoms with Crippen molar-refractivity contribution in [2.24, 2.45) is 0 Å². The number of amides is 3. The van der Waals surface area contributed by atoms with Gasteiger partial charge in [0, 0.05) is 12.1 Å². The second-order valence-corrected chi connectivity index (χ2v) is 5.90. The van der Waals surface area contributed by atoms with Crippen LogP contribution in [0.1, 0.15) is 25.0 Å². The predicted molar refractivity (Wildman–Crippen MR) is 106 cm³/mol. The first kappa shape index (κ1) is 21.7. The largest absolute Gasteiger partial charge is 0.497 e. The Morgan fingerprint density at radius 1 is 0.966 bits per heavy atom. The summed E-state index contributed by atoms with van der Waals surface area (Å²) in [7, 11) is 1.57. The van der Waals surface area contributed by atoms with Crippen LogP contribution in [0.3, 0.4) is 0 Å². The highest BCUT2D eigenvalue weighted by atomic mass is 16.6. The minimum atomic E-state index is -1.24. The SMILES string of the molecule is CCNC(=O)NC(=O)C(OC(=O)CCOc1ccc(OC)cc1)c1ccccc1. The number of urea groups is 1. The average molecular weight is 400 g/mol. The van der Waals surface area contributed by atoms with E-state index in [1.807, 2.05) is 0 Å². The zero-order chi connectivity index (χ0) is 21.1. The molecule has 8 nitrogen and oxygen atoms in total. The fourth-order valence-corrected chi connectivity index (χ4v) is 2.40. The Labute approximate surface area is 169 Å². The maximum Gasteiger partial charge on any atom is 0.321 e. The molecule has 1 unspecified atom stereocenters. The molecule has 3 amide bonds. The van der Waals surface area contributed by atoms with Crippen LogP contribution >= 0.6 is 0 Å². The summed E-state index contributed by atoms with van der Waals surface area (Å²) in [4.78, 5) is 36.3. The Morgan fingerprint density at radius 2 is 1.62 bits per heavy atom. The molecule has 0 bridgehead atoms. The van der Waals surface area contributed by atoms with Gasteiger partial charge in [0.25, 0.3) is 5.91 Å². The third-order valence-electron chi connectivity index (χ3n) is 3.80. The molecule has 1 atom stereocenters. The summed E-state index contributed by atoms with van der Waals surface area (Å²) in [6.07, 6.45) is -1.31. The number of benzene rings is 2. The van der Waals surface area contributed by atoms with Crippen LogP contribution in [-0.2, 0) is 14.3 Å². The maximum absolute atomic E-state index is 12.4. The van der Waals surface area contributed by atoms with E-state index in [0.717, 1.165) is 0 Å². The van der Waals surface area contributed by atoms with Crippen molar-refractivity contribution < 1.29 is 28.6 Å². The third-order valence-corrected chi connectivity index (χ3v) is 3.80. The molecule has 0 aliphatic carbocycles. The van der Waals surface area contributed by atoms with E-state index in [4.69, 9.17) is 14.2 Å². The van der Waals surface area contributed by atoms with Gasteiger partial charge in [-0.1, -0.05) is 30.3 Å². The van der Waals surface area contributed by atoms with Crippen molar-refractivity contribution in [1.29, 1.82) is 0 Å². The molecule has 29 heavy (non-hydrogen) atoms. The van der Waals surface area contributed by atoms with Crippen LogP contribution in [-0.4, -0.2) is 38.2 Å². The van der Waals surface area contributed by atoms with E-state index >= 15 is 0 Å². The van der Waals surface area contributed by atoms with Gasteiger partial charge in [0.05, 0.1) is 20.1 Å². The van der Waals surface area contributed by atoms with Crippen LogP contribution in [0.15, 0.2) is 54.6 Å². The normalized spacial score (nSPS) is 11.1. The van der Waals surface area contributed by atoms with Crippen LogP contribution in [0.25, 0.3) is 0 Å². The van der Waals surface area contributed by atoms with Gasteiger partial charge < -0.3 is 19.5 Å². The molecule has 0 aliphatic heterocycles. The van der Waals surface area contributed by atoms with Crippen molar-refractivity contribution in [2.75, 3.05) is 20.3 Å². The third kappa shape index (κ3) is 7.17. The second kappa shape index (κ2) is 11.3. The van der Waals surface area contributed by atoms with Crippen LogP contribution in [0.4, 0.5) is 4.79 Å². The zero-order valence-electron chi connectivity index (χ0n) is 16.3. The molecule has 8 heteroatoms. The number of carbonyl (C=O) groups excluding carboxylic acids is 3. The minimum absolute atomic E-state index is 0.0657. The summed E-state index contributed by atoms with van der Waals surface area (Å²) in [6, 6.07) is 14.7. The van der Waals surface area contributed by atoms with E-state index in [2.05, 4.69) is 10.6 Å². The second-order valence-electron chi connectivity index (χ2n) is 5.90. The van der Waals surface area contributed by atoms with E-state index in [0.29, 0.717) is 23.6 Å². The van der Waals surface area contributed by atoms with Gasteiger partial charge in [-0.25, -0.2) is 4.79 Å². The summed E-state index contributed by atoms with van der Waals surface area (Å²) in [6.45, 7) is 2.16. The quantitative estimate of drug-likeness (QED) is 0.627. The number of hydrogen-bond donors (Lipinski definition) is 2. The molecule has 154 valence electrons. The van der Waals surface area contributed by atoms with E-state index < -0.39 is 24.0 Å². The van der Waals surface area contributed by atoms with Crippen LogP contribution in [0, 0.1) is 0 Å². The summed E-state index contributed by atoms with van der Waals surface area (Å²) in [5.41, 5.74) is 0.457. The number of carbonyl (C=O) groups is 3. The molecule has 0 aromatic heterocycles. The van der Waals surface area contributed by atoms with Gasteiger partial charge in [-0.05, 0) is 31.2 Å². The van der Waals surface area contributed by atoms with Gasteiger partial charge in [-0.15, -0.1) is 0 Å². The molecule has 0 saturated heterocycles. The molecule has 2 N–H and O–H groups in total. The molecule has 0 saturated carbocycles. The molecular weight excluding hydrogens is 376 g/mol. The summed E-state index contributed by atoms with van der Waals surface area (Å²) in [5.74, 6) is -0.0854. The molecule has 0 aliphatic rings. The summed E-state index contributed by atoms with van der Waals surface area (Å²) in [5, 5.41) is 4.62. The van der Waals surface area contributed by atoms with Crippen molar-refractivity contribution in [2.45, 2.75) is 19.4 Å². The fraction of sp³-hybridized carbons (Fsp3) is 0.286. The highest BCUT2D eigenvalue weighted by molar-refractivity contribution is 5.97. The topological polar surface area (TPSA) is 103 Å². The Morgan fingerprint density at radius 3 is 2.24 bits per heavy atom. The molecule has 0 radical (unpaired) electrons. The highest BCUT2D eigenvalue weighted by Crippen LogP contribution is 2.19. The number of methoxy groups -OCH3 is 1. The lowest BCUT2D eigenvalue weighted by atomic mass is 10.1. The lowest BCUT2D eigenvalue weighted by Gasteiger charge is -2.18. The van der Waals surface area contributed by atoms with Gasteiger partial charge in [0.15, 0.2) is 0 Å². The van der Waals surface area contributed by atoms with E-state index in [9.17, 15) is 14.4 Å². The van der Waals surface area contributed by atoms with Crippen molar-refractivity contribution in [3.05, 3.63) is 60.2 Å². The molecule has 2 rings (SSSR count). The lowest BCUT2D eigenvalue weighted by Crippen LogP contribution is -2.42. The van der Waals surface area contributed by atoms with Crippen LogP contribution < -0.4 is 20.1 Å². The predicted octanol–water partition coefficient (Wildman–Crippen LogP) is 2.59. The highest BCUT2D eigenvalue weighted by Gasteiger charge is 2.26. The van der Waals surface area contributed by atoms with Crippen molar-refractivity contribution in [3.8, 4) is 11.5 Å². The van der Waals surface area contributed by atoms with E-state index in [-0.39, 0.29) is 13.0 Å². The molecule has 0 heterocycles. The van der Waals surface area contributed by atoms with Gasteiger partial charge in [-0.3, -0.25) is 14.9 Å². The first-order chi connectivity index (χ1) is 14.0. The molecular formula is C21H24N2O6. The number of esters is 1. The maximum atomic E-state index is 12.4. The Bertz CT molecular complexity index is 808. The fourth-order valence-electron chi connectivity index (χ4n) is 2.40. The van der Waals surface area contributed by atoms with E-state index in [1.165, 1.54) is 0 Å². The first-order valence-corrected chi connectivity index (χ1v) is 9.13. The van der Waals surface area contributed by atoms with Gasteiger partial charge in [0.1, 0.15) is 11.5 Å². The van der Waals surface area contributed by atoms with Crippen LogP contribution in [0.2, 0.25) is 0 Å². The minimum Gasteiger partial charge on any atom is -0.497 e. The van der Waals surface area contributed by atoms with Gasteiger partial charge in [-0.2, -0.15) is 0 Å². The number of rotatable bonds is 9. The molecule has 2 aromatic rings. The lowest BCUT2D eigenvalue weighted by molar-refractivity contribution is -0.156. The molecule has 2 aromatic carbocycles. The van der Waals surface area contributed by atoms with Crippen molar-refractivity contribution in [3.63, 3.8) is 0 Å². The average Bonchev–Trinajstić information content (AvgIpc) is 2.73. The monoisotopic (exact) mass is 400 g/mol. The number of imide groups is 1. The number of ether oxygens (including phenoxy) is 3. The summed E-state index contributed by atoms with van der Waals surface area (Å²) < 4.78 is 15.9. The smallest absolute Gasteiger partial charge is 0.321 e. The standard InChI is InChI=1S/C21H24N2O6/c1-3-22-21(26)23-20(25)19(15-7-5-4-6-8-15)29-18(24)13-14-28-17-11-9-16(27-2)10-12-17/h4-12,19H,3,13-14H2,1-2H3,(H2,22,23,25,26). The van der Waals surface area contributed by atoms with Crippen LogP contribution in [0.5, 0.6) is 11.5 Å². The van der Waals surface area contributed by atoms with E-state index in [1.54, 1.807) is 68.6 Å². The van der Waals surface area contributed by atoms with Crippen molar-refractivity contribution >= 4 is 17.9 Å². The molecule has 0 fully saturated rings. The molecule has 0 spiro atoms.